The van der Waals surface area contributed by atoms with Gasteiger partial charge in [0.2, 0.25) is 5.91 Å². The minimum absolute atomic E-state index is 0.00432. The molecule has 26 heavy (non-hydrogen) atoms. The molecule has 1 aliphatic rings. The third-order valence-electron chi connectivity index (χ3n) is 4.68. The number of rotatable bonds is 5. The lowest BCUT2D eigenvalue weighted by Crippen LogP contribution is -2.38. The summed E-state index contributed by atoms with van der Waals surface area (Å²) >= 11 is 0. The Morgan fingerprint density at radius 3 is 2.65 bits per heavy atom. The van der Waals surface area contributed by atoms with E-state index < -0.39 is 0 Å². The second kappa shape index (κ2) is 7.99. The van der Waals surface area contributed by atoms with Crippen LogP contribution in [0.1, 0.15) is 30.1 Å². The number of para-hydroxylation sites is 1. The van der Waals surface area contributed by atoms with Gasteiger partial charge in [0.15, 0.2) is 0 Å². The summed E-state index contributed by atoms with van der Waals surface area (Å²) in [5.74, 6) is 0.757. The molecule has 0 radical (unpaired) electrons. The van der Waals surface area contributed by atoms with E-state index in [0.717, 1.165) is 17.9 Å². The molecule has 1 N–H and O–H groups in total. The van der Waals surface area contributed by atoms with E-state index in [1.807, 2.05) is 55.3 Å². The fourth-order valence-electron chi connectivity index (χ4n) is 3.10. The number of carbonyl (C=O) groups excluding carboxylic acids is 2. The SMILES string of the molecule is CCC(=O)N1CCC(NC(=O)c2ccc(N(C)c3ccccc3)nc2)C1. The zero-order valence-corrected chi connectivity index (χ0v) is 15.2. The Bertz CT molecular complexity index is 761. The van der Waals surface area contributed by atoms with Gasteiger partial charge in [-0.1, -0.05) is 25.1 Å². The Labute approximate surface area is 153 Å². The normalized spacial score (nSPS) is 16.4. The fraction of sp³-hybridized carbons (Fsp3) is 0.350. The molecule has 1 aromatic heterocycles. The predicted octanol–water partition coefficient (Wildman–Crippen LogP) is 2.59. The first kappa shape index (κ1) is 17.9. The Morgan fingerprint density at radius 1 is 1.23 bits per heavy atom. The third-order valence-corrected chi connectivity index (χ3v) is 4.68. The van der Waals surface area contributed by atoms with Crippen molar-refractivity contribution in [3.63, 3.8) is 0 Å². The molecule has 2 aromatic rings. The van der Waals surface area contributed by atoms with E-state index >= 15 is 0 Å². The molecule has 2 heterocycles. The monoisotopic (exact) mass is 352 g/mol. The van der Waals surface area contributed by atoms with Crippen molar-refractivity contribution in [1.82, 2.24) is 15.2 Å². The maximum atomic E-state index is 12.4. The van der Waals surface area contributed by atoms with Gasteiger partial charge in [-0.2, -0.15) is 0 Å². The Kier molecular flexibility index (Phi) is 5.51. The van der Waals surface area contributed by atoms with Gasteiger partial charge in [-0.3, -0.25) is 9.59 Å². The smallest absolute Gasteiger partial charge is 0.253 e. The number of hydrogen-bond donors (Lipinski definition) is 1. The molecule has 1 fully saturated rings. The van der Waals surface area contributed by atoms with E-state index in [0.29, 0.717) is 25.1 Å². The van der Waals surface area contributed by atoms with E-state index in [-0.39, 0.29) is 17.9 Å². The molecule has 0 bridgehead atoms. The van der Waals surface area contributed by atoms with Crippen LogP contribution in [0.25, 0.3) is 0 Å². The zero-order chi connectivity index (χ0) is 18.5. The summed E-state index contributed by atoms with van der Waals surface area (Å²) in [6, 6.07) is 13.5. The van der Waals surface area contributed by atoms with E-state index in [2.05, 4.69) is 10.3 Å². The Hall–Kier alpha value is -2.89. The zero-order valence-electron chi connectivity index (χ0n) is 15.2. The summed E-state index contributed by atoms with van der Waals surface area (Å²) in [5.41, 5.74) is 1.55. The maximum Gasteiger partial charge on any atom is 0.253 e. The molecule has 1 aliphatic heterocycles. The molecule has 1 unspecified atom stereocenters. The molecule has 2 amide bonds. The first-order valence-electron chi connectivity index (χ1n) is 8.92. The van der Waals surface area contributed by atoms with Gasteiger partial charge in [0.1, 0.15) is 5.82 Å². The van der Waals surface area contributed by atoms with E-state index in [1.165, 1.54) is 0 Å². The van der Waals surface area contributed by atoms with Crippen LogP contribution < -0.4 is 10.2 Å². The minimum Gasteiger partial charge on any atom is -0.347 e. The number of nitrogens with one attached hydrogen (secondary N) is 1. The Morgan fingerprint density at radius 2 is 2.00 bits per heavy atom. The van der Waals surface area contributed by atoms with Crippen LogP contribution in [0.4, 0.5) is 11.5 Å². The van der Waals surface area contributed by atoms with Gasteiger partial charge in [-0.25, -0.2) is 4.98 Å². The molecule has 1 aromatic carbocycles. The number of hydrogen-bond acceptors (Lipinski definition) is 4. The van der Waals surface area contributed by atoms with Crippen molar-refractivity contribution in [3.8, 4) is 0 Å². The van der Waals surface area contributed by atoms with Gasteiger partial charge < -0.3 is 15.1 Å². The fourth-order valence-corrected chi connectivity index (χ4v) is 3.10. The van der Waals surface area contributed by atoms with Gasteiger partial charge in [0.25, 0.3) is 5.91 Å². The molecule has 3 rings (SSSR count). The van der Waals surface area contributed by atoms with Crippen molar-refractivity contribution in [2.75, 3.05) is 25.0 Å². The van der Waals surface area contributed by atoms with Crippen LogP contribution in [-0.2, 0) is 4.79 Å². The van der Waals surface area contributed by atoms with Gasteiger partial charge in [0.05, 0.1) is 5.56 Å². The molecule has 0 spiro atoms. The Balaban J connectivity index is 1.60. The van der Waals surface area contributed by atoms with Crippen molar-refractivity contribution in [2.24, 2.45) is 0 Å². The number of carbonyl (C=O) groups is 2. The van der Waals surface area contributed by atoms with E-state index in [1.54, 1.807) is 17.2 Å². The second-order valence-corrected chi connectivity index (χ2v) is 6.45. The lowest BCUT2D eigenvalue weighted by atomic mass is 10.2. The number of benzene rings is 1. The number of anilines is 2. The number of nitrogens with zero attached hydrogens (tertiary/aromatic N) is 3. The molecule has 0 aliphatic carbocycles. The van der Waals surface area contributed by atoms with Crippen LogP contribution in [0.2, 0.25) is 0 Å². The van der Waals surface area contributed by atoms with Crippen LogP contribution in [0.3, 0.4) is 0 Å². The number of amides is 2. The summed E-state index contributed by atoms with van der Waals surface area (Å²) in [4.78, 5) is 32.3. The quantitative estimate of drug-likeness (QED) is 0.898. The van der Waals surface area contributed by atoms with Gasteiger partial charge in [0, 0.05) is 44.5 Å². The minimum atomic E-state index is -0.151. The topological polar surface area (TPSA) is 65.5 Å². The predicted molar refractivity (Wildman–Crippen MR) is 101 cm³/mol. The molecule has 1 saturated heterocycles. The standard InChI is InChI=1S/C20H24N4O2/c1-3-19(25)24-12-11-16(14-24)22-20(26)15-9-10-18(21-13-15)23(2)17-7-5-4-6-8-17/h4-10,13,16H,3,11-12,14H2,1-2H3,(H,22,26). The molecular formula is C20H24N4O2. The van der Waals surface area contributed by atoms with E-state index in [9.17, 15) is 9.59 Å². The number of aromatic nitrogens is 1. The largest absolute Gasteiger partial charge is 0.347 e. The molecule has 1 atom stereocenters. The summed E-state index contributed by atoms with van der Waals surface area (Å²) in [5, 5.41) is 3.00. The van der Waals surface area contributed by atoms with Crippen LogP contribution in [0, 0.1) is 0 Å². The highest BCUT2D eigenvalue weighted by Crippen LogP contribution is 2.21. The number of pyridine rings is 1. The van der Waals surface area contributed by atoms with Crippen molar-refractivity contribution in [1.29, 1.82) is 0 Å². The highest BCUT2D eigenvalue weighted by atomic mass is 16.2. The first-order valence-corrected chi connectivity index (χ1v) is 8.92. The highest BCUT2D eigenvalue weighted by Gasteiger charge is 2.26. The van der Waals surface area contributed by atoms with Crippen LogP contribution in [-0.4, -0.2) is 47.9 Å². The highest BCUT2D eigenvalue weighted by molar-refractivity contribution is 5.94. The van der Waals surface area contributed by atoms with Crippen molar-refractivity contribution in [2.45, 2.75) is 25.8 Å². The molecule has 6 nitrogen and oxygen atoms in total. The van der Waals surface area contributed by atoms with Gasteiger partial charge >= 0.3 is 0 Å². The molecule has 6 heteroatoms. The van der Waals surface area contributed by atoms with E-state index in [4.69, 9.17) is 0 Å². The summed E-state index contributed by atoms with van der Waals surface area (Å²) < 4.78 is 0. The lowest BCUT2D eigenvalue weighted by Gasteiger charge is -2.19. The van der Waals surface area contributed by atoms with Gasteiger partial charge in [-0.05, 0) is 30.7 Å². The van der Waals surface area contributed by atoms with Crippen LogP contribution in [0.5, 0.6) is 0 Å². The summed E-state index contributed by atoms with van der Waals surface area (Å²) in [6.07, 6.45) is 2.88. The maximum absolute atomic E-state index is 12.4. The van der Waals surface area contributed by atoms with Crippen molar-refractivity contribution in [3.05, 3.63) is 54.2 Å². The number of likely N-dealkylation sites (tertiary alicyclic amines) is 1. The van der Waals surface area contributed by atoms with Crippen molar-refractivity contribution < 1.29 is 9.59 Å². The third kappa shape index (κ3) is 4.02. The summed E-state index contributed by atoms with van der Waals surface area (Å²) in [7, 11) is 1.94. The summed E-state index contributed by atoms with van der Waals surface area (Å²) in [6.45, 7) is 3.14. The molecular weight excluding hydrogens is 328 g/mol. The first-order chi connectivity index (χ1) is 12.6. The molecule has 0 saturated carbocycles. The van der Waals surface area contributed by atoms with Crippen LogP contribution in [0.15, 0.2) is 48.7 Å². The van der Waals surface area contributed by atoms with Gasteiger partial charge in [-0.15, -0.1) is 0 Å². The second-order valence-electron chi connectivity index (χ2n) is 6.45. The van der Waals surface area contributed by atoms with Crippen LogP contribution >= 0.6 is 0 Å². The average molecular weight is 352 g/mol. The van der Waals surface area contributed by atoms with Crippen molar-refractivity contribution >= 4 is 23.3 Å². The average Bonchev–Trinajstić information content (AvgIpc) is 3.16. The molecule has 136 valence electrons. The lowest BCUT2D eigenvalue weighted by molar-refractivity contribution is -0.129.